The summed E-state index contributed by atoms with van der Waals surface area (Å²) in [5.74, 6) is 0.380. The second kappa shape index (κ2) is 2.92. The van der Waals surface area contributed by atoms with Crippen LogP contribution in [0.1, 0.15) is 32.6 Å². The van der Waals surface area contributed by atoms with Gasteiger partial charge in [0.05, 0.1) is 6.61 Å². The first-order valence-electron chi connectivity index (χ1n) is 5.07. The number of rotatable bonds is 1. The smallest absolute Gasteiger partial charge is 0.111 e. The molecule has 0 bridgehead atoms. The predicted octanol–water partition coefficient (Wildman–Crippen LogP) is 1.63. The molecule has 0 aromatic rings. The van der Waals surface area contributed by atoms with E-state index < -0.39 is 5.67 Å². The van der Waals surface area contributed by atoms with Crippen molar-refractivity contribution in [1.82, 2.24) is 0 Å². The Labute approximate surface area is 78.6 Å². The lowest BCUT2D eigenvalue weighted by Crippen LogP contribution is -2.64. The number of halogens is 1. The summed E-state index contributed by atoms with van der Waals surface area (Å²) in [6.45, 7) is 3.22. The van der Waals surface area contributed by atoms with Gasteiger partial charge in [-0.25, -0.2) is 4.39 Å². The number of ether oxygens (including phenoxy) is 1. The number of hydrogen-bond donors (Lipinski definition) is 1. The highest BCUT2D eigenvalue weighted by Crippen LogP contribution is 2.48. The number of hydrogen-bond acceptors (Lipinski definition) is 2. The zero-order valence-corrected chi connectivity index (χ0v) is 8.18. The zero-order valence-electron chi connectivity index (χ0n) is 8.18. The summed E-state index contributed by atoms with van der Waals surface area (Å²) in [5, 5.41) is 0. The molecule has 2 rings (SSSR count). The van der Waals surface area contributed by atoms with Crippen molar-refractivity contribution in [2.45, 2.75) is 43.8 Å². The van der Waals surface area contributed by atoms with Crippen LogP contribution in [0.4, 0.5) is 4.39 Å². The van der Waals surface area contributed by atoms with Crippen molar-refractivity contribution in [1.29, 1.82) is 0 Å². The van der Waals surface area contributed by atoms with Crippen LogP contribution in [-0.4, -0.2) is 24.4 Å². The predicted molar refractivity (Wildman–Crippen MR) is 49.2 cm³/mol. The Hall–Kier alpha value is -0.150. The second-order valence-electron chi connectivity index (χ2n) is 4.91. The van der Waals surface area contributed by atoms with E-state index in [9.17, 15) is 4.39 Å². The summed E-state index contributed by atoms with van der Waals surface area (Å²) < 4.78 is 18.7. The largest absolute Gasteiger partial charge is 0.381 e. The standard InChI is InChI=1S/C10H18FNO/c1-9(11)6-10(12,7-9)8-3-2-4-13-5-8/h8H,2-7,12H2,1H3. The minimum atomic E-state index is -1.02. The molecule has 2 aliphatic rings. The molecule has 2 fully saturated rings. The third-order valence-corrected chi connectivity index (χ3v) is 3.37. The topological polar surface area (TPSA) is 35.2 Å². The molecule has 2 N–H and O–H groups in total. The van der Waals surface area contributed by atoms with Crippen LogP contribution in [0.5, 0.6) is 0 Å². The third kappa shape index (κ3) is 1.72. The van der Waals surface area contributed by atoms with Gasteiger partial charge in [0.1, 0.15) is 5.67 Å². The van der Waals surface area contributed by atoms with Gasteiger partial charge in [0, 0.05) is 18.1 Å². The summed E-state index contributed by atoms with van der Waals surface area (Å²) in [6.07, 6.45) is 3.20. The van der Waals surface area contributed by atoms with Crippen molar-refractivity contribution in [2.24, 2.45) is 11.7 Å². The van der Waals surface area contributed by atoms with Crippen LogP contribution in [0.3, 0.4) is 0 Å². The normalized spacial score (nSPS) is 51.5. The fourth-order valence-electron chi connectivity index (χ4n) is 2.80. The minimum Gasteiger partial charge on any atom is -0.381 e. The Morgan fingerprint density at radius 3 is 2.62 bits per heavy atom. The van der Waals surface area contributed by atoms with Crippen molar-refractivity contribution >= 4 is 0 Å². The lowest BCUT2D eigenvalue weighted by atomic mass is 9.60. The van der Waals surface area contributed by atoms with Gasteiger partial charge >= 0.3 is 0 Å². The van der Waals surface area contributed by atoms with Crippen molar-refractivity contribution in [2.75, 3.05) is 13.2 Å². The van der Waals surface area contributed by atoms with Gasteiger partial charge < -0.3 is 10.5 Å². The molecule has 0 amide bonds. The van der Waals surface area contributed by atoms with Crippen LogP contribution >= 0.6 is 0 Å². The fourth-order valence-corrected chi connectivity index (χ4v) is 2.80. The summed E-state index contributed by atoms with van der Waals surface area (Å²) in [4.78, 5) is 0. The summed E-state index contributed by atoms with van der Waals surface area (Å²) in [7, 11) is 0. The van der Waals surface area contributed by atoms with E-state index in [1.807, 2.05) is 0 Å². The monoisotopic (exact) mass is 187 g/mol. The fraction of sp³-hybridized carbons (Fsp3) is 1.00. The number of nitrogens with two attached hydrogens (primary N) is 1. The van der Waals surface area contributed by atoms with Gasteiger partial charge in [-0.2, -0.15) is 0 Å². The third-order valence-electron chi connectivity index (χ3n) is 3.37. The van der Waals surface area contributed by atoms with E-state index in [2.05, 4.69) is 0 Å². The molecule has 0 spiro atoms. The molecule has 2 nitrogen and oxygen atoms in total. The SMILES string of the molecule is CC1(F)CC(N)(C2CCCOC2)C1. The average molecular weight is 187 g/mol. The molecule has 0 radical (unpaired) electrons. The Balaban J connectivity index is 1.93. The van der Waals surface area contributed by atoms with E-state index in [0.29, 0.717) is 18.8 Å². The van der Waals surface area contributed by atoms with Crippen molar-refractivity contribution in [3.8, 4) is 0 Å². The van der Waals surface area contributed by atoms with Crippen molar-refractivity contribution in [3.05, 3.63) is 0 Å². The maximum Gasteiger partial charge on any atom is 0.111 e. The van der Waals surface area contributed by atoms with Crippen molar-refractivity contribution < 1.29 is 9.13 Å². The molecule has 0 aromatic carbocycles. The van der Waals surface area contributed by atoms with Gasteiger partial charge in [-0.1, -0.05) is 0 Å². The van der Waals surface area contributed by atoms with Gasteiger partial charge in [-0.05, 0) is 32.6 Å². The van der Waals surface area contributed by atoms with E-state index in [1.54, 1.807) is 6.92 Å². The van der Waals surface area contributed by atoms with E-state index >= 15 is 0 Å². The van der Waals surface area contributed by atoms with Gasteiger partial charge in [-0.3, -0.25) is 0 Å². The van der Waals surface area contributed by atoms with Crippen molar-refractivity contribution in [3.63, 3.8) is 0 Å². The Morgan fingerprint density at radius 2 is 2.15 bits per heavy atom. The molecule has 1 aliphatic carbocycles. The first-order valence-corrected chi connectivity index (χ1v) is 5.07. The first-order chi connectivity index (χ1) is 6.02. The summed E-state index contributed by atoms with van der Waals surface area (Å²) >= 11 is 0. The first kappa shape index (κ1) is 9.41. The molecule has 1 unspecified atom stereocenters. The molecule has 0 aromatic heterocycles. The summed E-state index contributed by atoms with van der Waals surface area (Å²) in [5.41, 5.74) is 4.84. The van der Waals surface area contributed by atoms with Crippen LogP contribution in [0.15, 0.2) is 0 Å². The highest BCUT2D eigenvalue weighted by atomic mass is 19.1. The molecular formula is C10H18FNO. The van der Waals surface area contributed by atoms with Crippen LogP contribution in [0, 0.1) is 5.92 Å². The Kier molecular flexibility index (Phi) is 2.11. The van der Waals surface area contributed by atoms with Crippen LogP contribution in [0.2, 0.25) is 0 Å². The van der Waals surface area contributed by atoms with Gasteiger partial charge in [0.15, 0.2) is 0 Å². The summed E-state index contributed by atoms with van der Waals surface area (Å²) in [6, 6.07) is 0. The maximum absolute atomic E-state index is 13.3. The molecule has 1 saturated carbocycles. The highest BCUT2D eigenvalue weighted by molar-refractivity contribution is 5.09. The van der Waals surface area contributed by atoms with Crippen LogP contribution < -0.4 is 5.73 Å². The average Bonchev–Trinajstić information content (AvgIpc) is 2.02. The molecule has 1 heterocycles. The Bertz CT molecular complexity index is 191. The minimum absolute atomic E-state index is 0.274. The highest BCUT2D eigenvalue weighted by Gasteiger charge is 2.54. The van der Waals surface area contributed by atoms with Crippen LogP contribution in [0.25, 0.3) is 0 Å². The van der Waals surface area contributed by atoms with Gasteiger partial charge in [0.2, 0.25) is 0 Å². The molecule has 1 atom stereocenters. The van der Waals surface area contributed by atoms with Crippen LogP contribution in [-0.2, 0) is 4.74 Å². The molecule has 1 saturated heterocycles. The molecule has 76 valence electrons. The van der Waals surface area contributed by atoms with E-state index in [4.69, 9.17) is 10.5 Å². The van der Waals surface area contributed by atoms with E-state index in [0.717, 1.165) is 26.1 Å². The molecule has 13 heavy (non-hydrogen) atoms. The Morgan fingerprint density at radius 1 is 1.46 bits per heavy atom. The maximum atomic E-state index is 13.3. The van der Waals surface area contributed by atoms with Gasteiger partial charge in [-0.15, -0.1) is 0 Å². The lowest BCUT2D eigenvalue weighted by molar-refractivity contribution is -0.0703. The molecule has 3 heteroatoms. The molecule has 1 aliphatic heterocycles. The lowest BCUT2D eigenvalue weighted by Gasteiger charge is -2.52. The quantitative estimate of drug-likeness (QED) is 0.677. The molecular weight excluding hydrogens is 169 g/mol. The second-order valence-corrected chi connectivity index (χ2v) is 4.91. The van der Waals surface area contributed by atoms with Gasteiger partial charge in [0.25, 0.3) is 0 Å². The zero-order chi connectivity index (χ0) is 9.53. The van der Waals surface area contributed by atoms with E-state index in [1.165, 1.54) is 0 Å². The number of alkyl halides is 1. The van der Waals surface area contributed by atoms with E-state index in [-0.39, 0.29) is 5.54 Å².